The van der Waals surface area contributed by atoms with E-state index in [4.69, 9.17) is 14.2 Å². The van der Waals surface area contributed by atoms with Gasteiger partial charge in [-0.2, -0.15) is 0 Å². The summed E-state index contributed by atoms with van der Waals surface area (Å²) in [6, 6.07) is 19.8. The normalized spacial score (nSPS) is 11.2. The Labute approximate surface area is 283 Å². The third-order valence-electron chi connectivity index (χ3n) is 8.10. The number of aliphatic hydroxyl groups is 1. The number of allylic oxidation sites excluding steroid dienone is 2. The summed E-state index contributed by atoms with van der Waals surface area (Å²) in [5.74, 6) is 0.0291. The standard InChI is InChI=1S/C21H23FO3.C20H23FO2/c1-13(21(2,3)4)17-11-14(20(23)25-6)7-9-16(17)18-12-15(24-5)8-10-19(18)22;1-13(20(2,3)4)17-10-14(12-22)6-8-16(17)18-11-15(23-5)7-9-19(18)21/h7-12H,1H2,2-6H3;6-11,22H,1,12H2,2-5H3. The van der Waals surface area contributed by atoms with Crippen molar-refractivity contribution in [2.24, 2.45) is 10.8 Å². The fourth-order valence-corrected chi connectivity index (χ4v) is 4.93. The third-order valence-corrected chi connectivity index (χ3v) is 8.10. The van der Waals surface area contributed by atoms with Gasteiger partial charge in [0.25, 0.3) is 0 Å². The molecule has 0 saturated heterocycles. The number of hydrogen-bond donors (Lipinski definition) is 1. The Kier molecular flexibility index (Phi) is 12.1. The third kappa shape index (κ3) is 8.78. The van der Waals surface area contributed by atoms with E-state index in [0.29, 0.717) is 39.3 Å². The van der Waals surface area contributed by atoms with Gasteiger partial charge >= 0.3 is 5.97 Å². The van der Waals surface area contributed by atoms with Gasteiger partial charge in [0.1, 0.15) is 23.1 Å². The van der Waals surface area contributed by atoms with Crippen molar-refractivity contribution in [3.8, 4) is 33.8 Å². The molecule has 0 heterocycles. The van der Waals surface area contributed by atoms with Crippen LogP contribution in [0.2, 0.25) is 0 Å². The van der Waals surface area contributed by atoms with Crippen molar-refractivity contribution in [3.05, 3.63) is 120 Å². The molecule has 0 saturated carbocycles. The number of esters is 1. The maximum Gasteiger partial charge on any atom is 0.337 e. The molecule has 0 aliphatic carbocycles. The Morgan fingerprint density at radius 2 is 1.08 bits per heavy atom. The Balaban J connectivity index is 0.000000261. The number of benzene rings is 4. The van der Waals surface area contributed by atoms with Gasteiger partial charge in [0, 0.05) is 11.1 Å². The maximum absolute atomic E-state index is 14.5. The molecule has 0 radical (unpaired) electrons. The summed E-state index contributed by atoms with van der Waals surface area (Å²) in [7, 11) is 4.42. The second kappa shape index (κ2) is 15.4. The van der Waals surface area contributed by atoms with Gasteiger partial charge in [0.15, 0.2) is 0 Å². The van der Waals surface area contributed by atoms with E-state index in [0.717, 1.165) is 27.8 Å². The molecule has 0 aliphatic rings. The first-order valence-corrected chi connectivity index (χ1v) is 15.5. The van der Waals surface area contributed by atoms with Gasteiger partial charge in [0.2, 0.25) is 0 Å². The molecular weight excluding hydrogens is 610 g/mol. The van der Waals surface area contributed by atoms with E-state index < -0.39 is 5.97 Å². The average Bonchev–Trinajstić information content (AvgIpc) is 3.06. The number of carbonyl (C=O) groups excluding carboxylic acids is 1. The van der Waals surface area contributed by atoms with Crippen LogP contribution in [0.4, 0.5) is 8.78 Å². The fraction of sp³-hybridized carbons (Fsp3) is 0.293. The van der Waals surface area contributed by atoms with Crippen molar-refractivity contribution in [1.29, 1.82) is 0 Å². The summed E-state index contributed by atoms with van der Waals surface area (Å²) in [4.78, 5) is 11.9. The van der Waals surface area contributed by atoms with Crippen molar-refractivity contribution < 1.29 is 32.9 Å². The van der Waals surface area contributed by atoms with E-state index in [1.54, 1.807) is 55.6 Å². The van der Waals surface area contributed by atoms with Crippen LogP contribution in [0.25, 0.3) is 33.4 Å². The minimum Gasteiger partial charge on any atom is -0.497 e. The molecule has 0 amide bonds. The molecule has 0 bridgehead atoms. The quantitative estimate of drug-likeness (QED) is 0.191. The van der Waals surface area contributed by atoms with E-state index in [1.807, 2.05) is 32.9 Å². The van der Waals surface area contributed by atoms with Gasteiger partial charge in [-0.25, -0.2) is 13.6 Å². The van der Waals surface area contributed by atoms with E-state index in [9.17, 15) is 18.7 Å². The monoisotopic (exact) mass is 656 g/mol. The Morgan fingerprint density at radius 3 is 1.48 bits per heavy atom. The Morgan fingerprint density at radius 1 is 0.646 bits per heavy atom. The maximum atomic E-state index is 14.5. The molecule has 0 aliphatic heterocycles. The number of carbonyl (C=O) groups is 1. The molecule has 5 nitrogen and oxygen atoms in total. The molecule has 254 valence electrons. The molecule has 7 heteroatoms. The molecule has 1 N–H and O–H groups in total. The molecule has 48 heavy (non-hydrogen) atoms. The highest BCUT2D eigenvalue weighted by Gasteiger charge is 2.24. The molecule has 0 atom stereocenters. The molecule has 4 rings (SSSR count). The SMILES string of the molecule is C=C(c1cc(C(=O)OC)ccc1-c1cc(OC)ccc1F)C(C)(C)C.C=C(c1cc(CO)ccc1-c1cc(OC)ccc1F)C(C)(C)C. The minimum atomic E-state index is -0.444. The van der Waals surface area contributed by atoms with E-state index in [1.165, 1.54) is 26.4 Å². The van der Waals surface area contributed by atoms with Gasteiger partial charge in [-0.15, -0.1) is 0 Å². The van der Waals surface area contributed by atoms with E-state index in [2.05, 4.69) is 33.9 Å². The number of rotatable bonds is 8. The first-order valence-electron chi connectivity index (χ1n) is 15.5. The lowest BCUT2D eigenvalue weighted by atomic mass is 9.80. The lowest BCUT2D eigenvalue weighted by Gasteiger charge is -2.25. The van der Waals surface area contributed by atoms with Gasteiger partial charge in [-0.3, -0.25) is 0 Å². The fourth-order valence-electron chi connectivity index (χ4n) is 4.93. The second-order valence-corrected chi connectivity index (χ2v) is 13.4. The number of hydrogen-bond acceptors (Lipinski definition) is 5. The first kappa shape index (κ1) is 37.7. The van der Waals surface area contributed by atoms with Crippen LogP contribution in [0.15, 0.2) is 86.0 Å². The number of aliphatic hydroxyl groups excluding tert-OH is 1. The first-order chi connectivity index (χ1) is 22.5. The van der Waals surface area contributed by atoms with Gasteiger partial charge in [-0.05, 0) is 104 Å². The van der Waals surface area contributed by atoms with Crippen molar-refractivity contribution in [2.75, 3.05) is 21.3 Å². The highest BCUT2D eigenvalue weighted by Crippen LogP contribution is 2.41. The summed E-state index contributed by atoms with van der Waals surface area (Å²) in [6.07, 6.45) is 0. The van der Waals surface area contributed by atoms with Gasteiger partial charge in [-0.1, -0.05) is 72.9 Å². The smallest absolute Gasteiger partial charge is 0.337 e. The minimum absolute atomic E-state index is 0.0642. The van der Waals surface area contributed by atoms with Crippen molar-refractivity contribution in [1.82, 2.24) is 0 Å². The highest BCUT2D eigenvalue weighted by atomic mass is 19.1. The highest BCUT2D eigenvalue weighted by molar-refractivity contribution is 5.93. The number of methoxy groups -OCH3 is 3. The molecule has 4 aromatic carbocycles. The topological polar surface area (TPSA) is 65.0 Å². The second-order valence-electron chi connectivity index (χ2n) is 13.4. The Hall–Kier alpha value is -4.75. The van der Waals surface area contributed by atoms with E-state index >= 15 is 0 Å². The van der Waals surface area contributed by atoms with Crippen molar-refractivity contribution >= 4 is 17.1 Å². The van der Waals surface area contributed by atoms with Crippen LogP contribution in [-0.2, 0) is 11.3 Å². The van der Waals surface area contributed by atoms with Crippen LogP contribution in [0.1, 0.15) is 68.6 Å². The lowest BCUT2D eigenvalue weighted by molar-refractivity contribution is 0.0600. The molecule has 4 aromatic rings. The Bertz CT molecular complexity index is 1810. The molecule has 0 fully saturated rings. The summed E-state index contributed by atoms with van der Waals surface area (Å²) in [5, 5.41) is 9.42. The largest absolute Gasteiger partial charge is 0.497 e. The van der Waals surface area contributed by atoms with Crippen LogP contribution < -0.4 is 9.47 Å². The van der Waals surface area contributed by atoms with Crippen LogP contribution in [0.3, 0.4) is 0 Å². The summed E-state index contributed by atoms with van der Waals surface area (Å²) in [5.41, 5.74) is 6.27. The van der Waals surface area contributed by atoms with Crippen LogP contribution in [0, 0.1) is 22.5 Å². The zero-order valence-electron chi connectivity index (χ0n) is 29.4. The molecule has 0 spiro atoms. The summed E-state index contributed by atoms with van der Waals surface area (Å²) in [6.45, 7) is 20.6. The van der Waals surface area contributed by atoms with Gasteiger partial charge in [0.05, 0.1) is 33.5 Å². The van der Waals surface area contributed by atoms with E-state index in [-0.39, 0.29) is 29.1 Å². The zero-order valence-corrected chi connectivity index (χ0v) is 29.4. The molecule has 0 unspecified atom stereocenters. The molecule has 0 aromatic heterocycles. The predicted molar refractivity (Wildman–Crippen MR) is 191 cm³/mol. The van der Waals surface area contributed by atoms with Crippen molar-refractivity contribution in [2.45, 2.75) is 48.1 Å². The van der Waals surface area contributed by atoms with Crippen LogP contribution in [-0.4, -0.2) is 32.4 Å². The predicted octanol–water partition coefficient (Wildman–Crippen LogP) is 10.4. The number of ether oxygens (including phenoxy) is 3. The van der Waals surface area contributed by atoms with Gasteiger partial charge < -0.3 is 19.3 Å². The summed E-state index contributed by atoms with van der Waals surface area (Å²) >= 11 is 0. The number of halogens is 2. The zero-order chi connectivity index (χ0) is 36.0. The molecular formula is C41H46F2O5. The van der Waals surface area contributed by atoms with Crippen LogP contribution in [0.5, 0.6) is 11.5 Å². The summed E-state index contributed by atoms with van der Waals surface area (Å²) < 4.78 is 44.1. The lowest BCUT2D eigenvalue weighted by Crippen LogP contribution is -2.10. The van der Waals surface area contributed by atoms with Crippen molar-refractivity contribution in [3.63, 3.8) is 0 Å². The average molecular weight is 657 g/mol. The van der Waals surface area contributed by atoms with Crippen LogP contribution >= 0.6 is 0 Å².